The summed E-state index contributed by atoms with van der Waals surface area (Å²) in [5, 5.41) is 3.48. The van der Waals surface area contributed by atoms with Crippen molar-refractivity contribution in [3.8, 4) is 5.75 Å². The number of esters is 1. The monoisotopic (exact) mass is 405 g/mol. The van der Waals surface area contributed by atoms with Crippen molar-refractivity contribution in [2.45, 2.75) is 64.7 Å². The van der Waals surface area contributed by atoms with Crippen LogP contribution in [0.4, 0.5) is 5.69 Å². The van der Waals surface area contributed by atoms with Gasteiger partial charge in [-0.05, 0) is 68.2 Å². The van der Waals surface area contributed by atoms with Crippen molar-refractivity contribution in [1.29, 1.82) is 0 Å². The van der Waals surface area contributed by atoms with Crippen LogP contribution in [0.25, 0.3) is 0 Å². The zero-order valence-electron chi connectivity index (χ0n) is 18.3. The van der Waals surface area contributed by atoms with Gasteiger partial charge in [0, 0.05) is 11.6 Å². The van der Waals surface area contributed by atoms with Crippen LogP contribution in [0, 0.1) is 5.92 Å². The van der Waals surface area contributed by atoms with Gasteiger partial charge in [-0.1, -0.05) is 20.8 Å². The molecule has 0 amide bonds. The Hall–Kier alpha value is -1.95. The number of rotatable bonds is 8. The van der Waals surface area contributed by atoms with Crippen LogP contribution in [-0.2, 0) is 14.0 Å². The highest BCUT2D eigenvalue weighted by molar-refractivity contribution is 6.74. The first-order valence-electron chi connectivity index (χ1n) is 10.1. The van der Waals surface area contributed by atoms with E-state index in [9.17, 15) is 4.79 Å². The predicted molar refractivity (Wildman–Crippen MR) is 116 cm³/mol. The second-order valence-corrected chi connectivity index (χ2v) is 13.5. The molecule has 0 saturated carbocycles. The van der Waals surface area contributed by atoms with Gasteiger partial charge in [0.1, 0.15) is 11.8 Å². The number of benzene rings is 1. The summed E-state index contributed by atoms with van der Waals surface area (Å²) >= 11 is 0. The van der Waals surface area contributed by atoms with Crippen molar-refractivity contribution >= 4 is 20.0 Å². The van der Waals surface area contributed by atoms with Crippen molar-refractivity contribution in [1.82, 2.24) is 0 Å². The van der Waals surface area contributed by atoms with E-state index in [1.807, 2.05) is 31.2 Å². The quantitative estimate of drug-likeness (QED) is 0.466. The van der Waals surface area contributed by atoms with Gasteiger partial charge in [0.05, 0.1) is 19.5 Å². The second kappa shape index (κ2) is 9.03. The largest absolute Gasteiger partial charge is 0.546 e. The first-order chi connectivity index (χ1) is 13.1. The summed E-state index contributed by atoms with van der Waals surface area (Å²) in [6.45, 7) is 13.3. The van der Waals surface area contributed by atoms with E-state index in [-0.39, 0.29) is 16.9 Å². The predicted octanol–water partition coefficient (Wildman–Crippen LogP) is 5.35. The molecule has 0 fully saturated rings. The van der Waals surface area contributed by atoms with Crippen LogP contribution in [0.1, 0.15) is 40.5 Å². The lowest BCUT2D eigenvalue weighted by Gasteiger charge is -2.39. The van der Waals surface area contributed by atoms with Crippen LogP contribution in [0.3, 0.4) is 0 Å². The Labute approximate surface area is 170 Å². The molecule has 1 N–H and O–H groups in total. The molecule has 0 radical (unpaired) electrons. The lowest BCUT2D eigenvalue weighted by Crippen LogP contribution is -2.44. The maximum atomic E-state index is 12.8. The van der Waals surface area contributed by atoms with E-state index in [0.717, 1.165) is 30.0 Å². The molecule has 1 aliphatic carbocycles. The second-order valence-electron chi connectivity index (χ2n) is 8.76. The molecular weight excluding hydrogens is 370 g/mol. The van der Waals surface area contributed by atoms with Gasteiger partial charge in [0.2, 0.25) is 8.32 Å². The van der Waals surface area contributed by atoms with Gasteiger partial charge in [0.15, 0.2) is 0 Å². The van der Waals surface area contributed by atoms with Crippen LogP contribution < -0.4 is 10.1 Å². The normalized spacial score (nSPS) is 18.2. The lowest BCUT2D eigenvalue weighted by atomic mass is 9.97. The number of hydrogen-bond acceptors (Lipinski definition) is 5. The maximum Gasteiger partial charge on any atom is 0.329 e. The molecular formula is C22H35NO4Si. The number of allylic oxidation sites excluding steroid dienone is 1. The fraction of sp³-hybridized carbons (Fsp3) is 0.591. The molecule has 0 heterocycles. The molecule has 1 aliphatic rings. The number of hydrogen-bond donors (Lipinski definition) is 1. The molecule has 6 heteroatoms. The third kappa shape index (κ3) is 5.31. The minimum Gasteiger partial charge on any atom is -0.546 e. The van der Waals surface area contributed by atoms with Crippen molar-refractivity contribution in [2.24, 2.45) is 5.92 Å². The fourth-order valence-electron chi connectivity index (χ4n) is 3.02. The SMILES string of the molecule is CCOC(=O)[C@H](Nc1ccc(OC)cc1)[C@@H]1CCC=C1O[Si](C)(C)C(C)(C)C. The van der Waals surface area contributed by atoms with E-state index in [4.69, 9.17) is 13.9 Å². The summed E-state index contributed by atoms with van der Waals surface area (Å²) < 4.78 is 17.2. The summed E-state index contributed by atoms with van der Waals surface area (Å²) in [4.78, 5) is 12.8. The average Bonchev–Trinajstić information content (AvgIpc) is 3.06. The molecule has 0 unspecified atom stereocenters. The van der Waals surface area contributed by atoms with E-state index >= 15 is 0 Å². The number of carbonyl (C=O) groups is 1. The number of anilines is 1. The highest BCUT2D eigenvalue weighted by Gasteiger charge is 2.43. The highest BCUT2D eigenvalue weighted by Crippen LogP contribution is 2.42. The Bertz CT molecular complexity index is 691. The van der Waals surface area contributed by atoms with E-state index in [2.05, 4.69) is 45.3 Å². The Morgan fingerprint density at radius 1 is 1.25 bits per heavy atom. The summed E-state index contributed by atoms with van der Waals surface area (Å²) in [5.74, 6) is 1.44. The molecule has 0 saturated heterocycles. The summed E-state index contributed by atoms with van der Waals surface area (Å²) in [5.41, 5.74) is 0.859. The lowest BCUT2D eigenvalue weighted by molar-refractivity contribution is -0.145. The first kappa shape index (κ1) is 22.3. The third-order valence-corrected chi connectivity index (χ3v) is 10.1. The van der Waals surface area contributed by atoms with E-state index in [1.54, 1.807) is 7.11 Å². The first-order valence-corrected chi connectivity index (χ1v) is 13.0. The number of ether oxygens (including phenoxy) is 2. The Morgan fingerprint density at radius 3 is 2.43 bits per heavy atom. The number of nitrogens with one attached hydrogen (secondary N) is 1. The molecule has 0 aromatic heterocycles. The van der Waals surface area contributed by atoms with Gasteiger partial charge in [-0.25, -0.2) is 4.79 Å². The topological polar surface area (TPSA) is 56.8 Å². The van der Waals surface area contributed by atoms with Gasteiger partial charge >= 0.3 is 5.97 Å². The summed E-state index contributed by atoms with van der Waals surface area (Å²) in [7, 11) is -0.343. The Balaban J connectivity index is 2.24. The summed E-state index contributed by atoms with van der Waals surface area (Å²) in [6.07, 6.45) is 3.93. The smallest absolute Gasteiger partial charge is 0.329 e. The van der Waals surface area contributed by atoms with Gasteiger partial charge in [-0.15, -0.1) is 0 Å². The molecule has 2 rings (SSSR count). The summed E-state index contributed by atoms with van der Waals surface area (Å²) in [6, 6.07) is 7.10. The van der Waals surface area contributed by atoms with Gasteiger partial charge < -0.3 is 19.2 Å². The molecule has 156 valence electrons. The van der Waals surface area contributed by atoms with E-state index in [0.29, 0.717) is 6.61 Å². The van der Waals surface area contributed by atoms with Gasteiger partial charge in [0.25, 0.3) is 0 Å². The Kier molecular flexibility index (Phi) is 7.20. The minimum atomic E-state index is -1.98. The van der Waals surface area contributed by atoms with Gasteiger partial charge in [-0.3, -0.25) is 0 Å². The van der Waals surface area contributed by atoms with Crippen molar-refractivity contribution in [2.75, 3.05) is 19.0 Å². The standard InChI is InChI=1S/C22H35NO4Si/c1-8-26-21(24)20(23-16-12-14-17(25-5)15-13-16)18-10-9-11-19(18)27-28(6,7)22(2,3)4/h11-15,18,20,23H,8-10H2,1-7H3/t18-,20-/m1/s1. The Morgan fingerprint density at radius 2 is 1.89 bits per heavy atom. The molecule has 5 nitrogen and oxygen atoms in total. The molecule has 1 aromatic carbocycles. The molecule has 0 bridgehead atoms. The molecule has 28 heavy (non-hydrogen) atoms. The highest BCUT2D eigenvalue weighted by atomic mass is 28.4. The van der Waals surface area contributed by atoms with Gasteiger partial charge in [-0.2, -0.15) is 0 Å². The molecule has 2 atom stereocenters. The third-order valence-electron chi connectivity index (χ3n) is 5.72. The van der Waals surface area contributed by atoms with Crippen LogP contribution in [0.5, 0.6) is 5.75 Å². The van der Waals surface area contributed by atoms with E-state index < -0.39 is 14.4 Å². The number of carbonyl (C=O) groups excluding carboxylic acids is 1. The zero-order valence-corrected chi connectivity index (χ0v) is 19.3. The molecule has 0 spiro atoms. The zero-order chi connectivity index (χ0) is 20.9. The van der Waals surface area contributed by atoms with Crippen LogP contribution in [0.15, 0.2) is 36.1 Å². The fourth-order valence-corrected chi connectivity index (χ4v) is 4.15. The van der Waals surface area contributed by atoms with E-state index in [1.165, 1.54) is 0 Å². The molecule has 0 aliphatic heterocycles. The molecule has 1 aromatic rings. The van der Waals surface area contributed by atoms with Crippen LogP contribution in [0.2, 0.25) is 18.1 Å². The van der Waals surface area contributed by atoms with Crippen molar-refractivity contribution in [3.05, 3.63) is 36.1 Å². The average molecular weight is 406 g/mol. The van der Waals surface area contributed by atoms with Crippen molar-refractivity contribution < 1.29 is 18.7 Å². The number of methoxy groups -OCH3 is 1. The van der Waals surface area contributed by atoms with Crippen molar-refractivity contribution in [3.63, 3.8) is 0 Å². The maximum absolute atomic E-state index is 12.8. The van der Waals surface area contributed by atoms with Crippen LogP contribution in [-0.4, -0.2) is 34.0 Å². The van der Waals surface area contributed by atoms with Crippen LogP contribution >= 0.6 is 0 Å². The minimum absolute atomic E-state index is 0.0322.